The molecule has 0 bridgehead atoms. The summed E-state index contributed by atoms with van der Waals surface area (Å²) in [6, 6.07) is 1.84. The quantitative estimate of drug-likeness (QED) is 0.854. The zero-order valence-electron chi connectivity index (χ0n) is 10.7. The fourth-order valence-corrected chi connectivity index (χ4v) is 2.47. The van der Waals surface area contributed by atoms with Crippen molar-refractivity contribution in [2.24, 2.45) is 5.92 Å². The Morgan fingerprint density at radius 3 is 2.82 bits per heavy atom. The van der Waals surface area contributed by atoms with E-state index < -0.39 is 5.97 Å². The predicted octanol–water partition coefficient (Wildman–Crippen LogP) is 3.03. The number of aromatic carboxylic acids is 1. The molecule has 1 unspecified atom stereocenters. The number of fused-ring (bicyclic) bond motifs is 1. The third-order valence-electron chi connectivity index (χ3n) is 3.44. The van der Waals surface area contributed by atoms with Crippen molar-refractivity contribution in [3.8, 4) is 0 Å². The number of aryl methyl sites for hydroxylation is 1. The zero-order valence-corrected chi connectivity index (χ0v) is 10.7. The highest BCUT2D eigenvalue weighted by molar-refractivity contribution is 5.89. The van der Waals surface area contributed by atoms with Gasteiger partial charge in [-0.1, -0.05) is 20.8 Å². The predicted molar refractivity (Wildman–Crippen MR) is 66.5 cm³/mol. The molecule has 1 N–H and O–H groups in total. The van der Waals surface area contributed by atoms with Crippen LogP contribution in [0.5, 0.6) is 0 Å². The highest BCUT2D eigenvalue weighted by atomic mass is 16.4. The van der Waals surface area contributed by atoms with Crippen molar-refractivity contribution in [1.29, 1.82) is 0 Å². The fraction of sp³-hybridized carbons (Fsp3) is 0.571. The van der Waals surface area contributed by atoms with E-state index in [1.807, 2.05) is 19.9 Å². The number of hydrogen-bond acceptors (Lipinski definition) is 2. The van der Waals surface area contributed by atoms with Crippen molar-refractivity contribution in [3.05, 3.63) is 28.6 Å². The highest BCUT2D eigenvalue weighted by Gasteiger charge is 2.22. The van der Waals surface area contributed by atoms with Gasteiger partial charge in [-0.15, -0.1) is 0 Å². The summed E-state index contributed by atoms with van der Waals surface area (Å²) >= 11 is 0. The molecule has 0 saturated carbocycles. The molecule has 92 valence electrons. The minimum atomic E-state index is -0.859. The maximum absolute atomic E-state index is 11.3. The summed E-state index contributed by atoms with van der Waals surface area (Å²) in [6.45, 7) is 6.19. The molecule has 1 aromatic rings. The van der Waals surface area contributed by atoms with Crippen LogP contribution >= 0.6 is 0 Å². The lowest BCUT2D eigenvalue weighted by molar-refractivity contribution is 0.0694. The number of pyridine rings is 1. The van der Waals surface area contributed by atoms with E-state index in [1.54, 1.807) is 0 Å². The first-order valence-electron chi connectivity index (χ1n) is 6.25. The summed E-state index contributed by atoms with van der Waals surface area (Å²) in [7, 11) is 0. The van der Waals surface area contributed by atoms with Gasteiger partial charge in [0.15, 0.2) is 0 Å². The zero-order chi connectivity index (χ0) is 12.6. The summed E-state index contributed by atoms with van der Waals surface area (Å²) in [6.07, 6.45) is 3.10. The van der Waals surface area contributed by atoms with E-state index in [4.69, 9.17) is 0 Å². The molecule has 3 nitrogen and oxygen atoms in total. The molecule has 2 rings (SSSR count). The van der Waals surface area contributed by atoms with Crippen LogP contribution in [0.3, 0.4) is 0 Å². The first kappa shape index (κ1) is 12.1. The molecule has 0 aliphatic heterocycles. The Labute approximate surface area is 102 Å². The molecule has 0 radical (unpaired) electrons. The monoisotopic (exact) mass is 233 g/mol. The number of nitrogens with zero attached hydrogens (tertiary/aromatic N) is 1. The maximum atomic E-state index is 11.3. The second-order valence-corrected chi connectivity index (χ2v) is 5.33. The van der Waals surface area contributed by atoms with Gasteiger partial charge in [-0.05, 0) is 42.7 Å². The van der Waals surface area contributed by atoms with Gasteiger partial charge < -0.3 is 5.11 Å². The number of aromatic nitrogens is 1. The van der Waals surface area contributed by atoms with Crippen molar-refractivity contribution in [1.82, 2.24) is 4.98 Å². The van der Waals surface area contributed by atoms with Crippen LogP contribution in [0.2, 0.25) is 0 Å². The van der Waals surface area contributed by atoms with E-state index in [0.717, 1.165) is 36.2 Å². The van der Waals surface area contributed by atoms with E-state index in [0.29, 0.717) is 11.5 Å². The Morgan fingerprint density at radius 2 is 2.24 bits per heavy atom. The minimum absolute atomic E-state index is 0.158. The molecule has 0 saturated heterocycles. The standard InChI is InChI=1S/C14H19NO2/c1-8(2)13-11(14(16)17)7-10-6-9(3)4-5-12(10)15-13/h7-9H,4-6H2,1-3H3,(H,16,17). The molecule has 17 heavy (non-hydrogen) atoms. The van der Waals surface area contributed by atoms with Crippen LogP contribution in [-0.2, 0) is 12.8 Å². The largest absolute Gasteiger partial charge is 0.478 e. The molecular weight excluding hydrogens is 214 g/mol. The average molecular weight is 233 g/mol. The van der Waals surface area contributed by atoms with Gasteiger partial charge in [0.25, 0.3) is 0 Å². The number of carbonyl (C=O) groups is 1. The van der Waals surface area contributed by atoms with Crippen molar-refractivity contribution in [2.45, 2.75) is 46.0 Å². The maximum Gasteiger partial charge on any atom is 0.337 e. The van der Waals surface area contributed by atoms with E-state index in [1.165, 1.54) is 0 Å². The lowest BCUT2D eigenvalue weighted by Crippen LogP contribution is -2.17. The highest BCUT2D eigenvalue weighted by Crippen LogP contribution is 2.28. The van der Waals surface area contributed by atoms with E-state index in [2.05, 4.69) is 11.9 Å². The van der Waals surface area contributed by atoms with E-state index in [9.17, 15) is 9.90 Å². The fourth-order valence-electron chi connectivity index (χ4n) is 2.47. The van der Waals surface area contributed by atoms with Crippen molar-refractivity contribution in [3.63, 3.8) is 0 Å². The second-order valence-electron chi connectivity index (χ2n) is 5.33. The summed E-state index contributed by atoms with van der Waals surface area (Å²) in [5, 5.41) is 9.24. The van der Waals surface area contributed by atoms with Crippen molar-refractivity contribution in [2.75, 3.05) is 0 Å². The molecule has 0 spiro atoms. The van der Waals surface area contributed by atoms with Crippen LogP contribution in [0, 0.1) is 5.92 Å². The van der Waals surface area contributed by atoms with Crippen LogP contribution in [0.25, 0.3) is 0 Å². The third kappa shape index (κ3) is 2.33. The van der Waals surface area contributed by atoms with Crippen LogP contribution in [0.4, 0.5) is 0 Å². The van der Waals surface area contributed by atoms with Gasteiger partial charge in [-0.3, -0.25) is 4.98 Å². The minimum Gasteiger partial charge on any atom is -0.478 e. The number of carboxylic acid groups (broad SMARTS) is 1. The molecule has 0 amide bonds. The van der Waals surface area contributed by atoms with Gasteiger partial charge >= 0.3 is 5.97 Å². The molecule has 3 heteroatoms. The lowest BCUT2D eigenvalue weighted by Gasteiger charge is -2.23. The van der Waals surface area contributed by atoms with Gasteiger partial charge in [-0.25, -0.2) is 4.79 Å². The van der Waals surface area contributed by atoms with Crippen LogP contribution in [0.1, 0.15) is 60.4 Å². The molecule has 1 aromatic heterocycles. The normalized spacial score (nSPS) is 19.2. The van der Waals surface area contributed by atoms with Crippen LogP contribution in [-0.4, -0.2) is 16.1 Å². The van der Waals surface area contributed by atoms with Gasteiger partial charge in [0.05, 0.1) is 11.3 Å². The molecule has 1 heterocycles. The number of rotatable bonds is 2. The number of hydrogen-bond donors (Lipinski definition) is 1. The van der Waals surface area contributed by atoms with Crippen molar-refractivity contribution < 1.29 is 9.90 Å². The summed E-state index contributed by atoms with van der Waals surface area (Å²) < 4.78 is 0. The molecule has 0 fully saturated rings. The third-order valence-corrected chi connectivity index (χ3v) is 3.44. The van der Waals surface area contributed by atoms with Gasteiger partial charge in [-0.2, -0.15) is 0 Å². The lowest BCUT2D eigenvalue weighted by atomic mass is 9.86. The molecule has 1 aliphatic rings. The Balaban J connectivity index is 2.52. The van der Waals surface area contributed by atoms with E-state index in [-0.39, 0.29) is 5.92 Å². The van der Waals surface area contributed by atoms with Gasteiger partial charge in [0.2, 0.25) is 0 Å². The number of carboxylic acids is 1. The topological polar surface area (TPSA) is 50.2 Å². The van der Waals surface area contributed by atoms with Gasteiger partial charge in [0.1, 0.15) is 0 Å². The van der Waals surface area contributed by atoms with Gasteiger partial charge in [0, 0.05) is 5.69 Å². The van der Waals surface area contributed by atoms with Crippen LogP contribution in [0.15, 0.2) is 6.07 Å². The van der Waals surface area contributed by atoms with Crippen LogP contribution < -0.4 is 0 Å². The summed E-state index contributed by atoms with van der Waals surface area (Å²) in [4.78, 5) is 15.8. The second kappa shape index (κ2) is 4.47. The van der Waals surface area contributed by atoms with Crippen molar-refractivity contribution >= 4 is 5.97 Å². The summed E-state index contributed by atoms with van der Waals surface area (Å²) in [5.41, 5.74) is 3.35. The Morgan fingerprint density at radius 1 is 1.53 bits per heavy atom. The SMILES string of the molecule is CC1CCc2nc(C(C)C)c(C(=O)O)cc2C1. The smallest absolute Gasteiger partial charge is 0.337 e. The molecule has 0 aromatic carbocycles. The molecule has 1 aliphatic carbocycles. The summed E-state index contributed by atoms with van der Waals surface area (Å²) in [5.74, 6) is -0.0659. The Bertz CT molecular complexity index is 452. The first-order chi connectivity index (χ1) is 7.99. The molecule has 1 atom stereocenters. The Kier molecular flexibility index (Phi) is 3.18. The average Bonchev–Trinajstić information content (AvgIpc) is 2.26. The Hall–Kier alpha value is -1.38. The first-order valence-corrected chi connectivity index (χ1v) is 6.25. The van der Waals surface area contributed by atoms with E-state index >= 15 is 0 Å². The molecular formula is C14H19NO2.